The molecular weight excluding hydrogens is 388 g/mol. The Labute approximate surface area is 173 Å². The van der Waals surface area contributed by atoms with Crippen LogP contribution >= 0.6 is 11.8 Å². The maximum Gasteiger partial charge on any atom is 0.328 e. The van der Waals surface area contributed by atoms with Crippen LogP contribution in [0.4, 0.5) is 10.5 Å². The van der Waals surface area contributed by atoms with Crippen molar-refractivity contribution < 1.29 is 19.1 Å². The molecule has 2 aromatic rings. The van der Waals surface area contributed by atoms with Crippen LogP contribution < -0.4 is 4.90 Å². The first-order valence-electron chi connectivity index (χ1n) is 9.63. The lowest BCUT2D eigenvalue weighted by Gasteiger charge is -2.21. The summed E-state index contributed by atoms with van der Waals surface area (Å²) in [5.41, 5.74) is 2.07. The molecule has 2 heterocycles. The van der Waals surface area contributed by atoms with Crippen molar-refractivity contribution in [3.63, 3.8) is 0 Å². The summed E-state index contributed by atoms with van der Waals surface area (Å²) < 4.78 is 4.68. The van der Waals surface area contributed by atoms with Crippen molar-refractivity contribution in [2.24, 2.45) is 0 Å². The van der Waals surface area contributed by atoms with E-state index in [9.17, 15) is 14.4 Å². The Bertz CT molecular complexity index is 1030. The van der Waals surface area contributed by atoms with Crippen LogP contribution in [0.5, 0.6) is 0 Å². The number of thioether (sulfide) groups is 1. The van der Waals surface area contributed by atoms with Crippen LogP contribution in [0, 0.1) is 0 Å². The first kappa shape index (κ1) is 19.5. The Hall–Kier alpha value is -2.80. The number of ether oxygens (including phenoxy) is 1. The molecule has 2 aliphatic rings. The van der Waals surface area contributed by atoms with Gasteiger partial charge in [0.1, 0.15) is 6.04 Å². The normalized spacial score (nSPS) is 19.4. The number of carbonyl (C=O) groups is 3. The van der Waals surface area contributed by atoms with Crippen molar-refractivity contribution in [1.29, 1.82) is 0 Å². The largest absolute Gasteiger partial charge is 0.467 e. The molecule has 2 fully saturated rings. The number of methoxy groups -OCH3 is 1. The minimum absolute atomic E-state index is 0.310. The molecule has 29 heavy (non-hydrogen) atoms. The van der Waals surface area contributed by atoms with Crippen LogP contribution in [-0.4, -0.2) is 48.3 Å². The zero-order valence-corrected chi connectivity index (χ0v) is 17.2. The number of esters is 1. The Morgan fingerprint density at radius 1 is 1.10 bits per heavy atom. The third-order valence-corrected chi connectivity index (χ3v) is 6.30. The topological polar surface area (TPSA) is 66.9 Å². The Balaban J connectivity index is 1.72. The fraction of sp³-hybridized carbons (Fsp3) is 0.318. The molecule has 0 radical (unpaired) electrons. The van der Waals surface area contributed by atoms with E-state index in [0.717, 1.165) is 46.1 Å². The summed E-state index contributed by atoms with van der Waals surface area (Å²) in [6.07, 6.45) is 4.13. The number of rotatable bonds is 4. The third-order valence-electron chi connectivity index (χ3n) is 5.42. The highest BCUT2D eigenvalue weighted by Gasteiger charge is 2.41. The summed E-state index contributed by atoms with van der Waals surface area (Å²) in [5.74, 6) is -1.08. The summed E-state index contributed by atoms with van der Waals surface area (Å²) in [6.45, 7) is 3.59. The number of benzene rings is 2. The lowest BCUT2D eigenvalue weighted by atomic mass is 10.0. The van der Waals surface area contributed by atoms with Crippen molar-refractivity contribution in [3.8, 4) is 0 Å². The van der Waals surface area contributed by atoms with E-state index in [1.165, 1.54) is 32.6 Å². The van der Waals surface area contributed by atoms with Gasteiger partial charge >= 0.3 is 5.97 Å². The van der Waals surface area contributed by atoms with E-state index in [1.54, 1.807) is 6.08 Å². The summed E-state index contributed by atoms with van der Waals surface area (Å²) in [7, 11) is 1.24. The van der Waals surface area contributed by atoms with Crippen LogP contribution in [0.1, 0.15) is 25.3 Å². The molecule has 7 heteroatoms. The number of nitrogens with zero attached hydrogens (tertiary/aromatic N) is 2. The molecule has 6 nitrogen and oxygen atoms in total. The highest BCUT2D eigenvalue weighted by molar-refractivity contribution is 8.18. The van der Waals surface area contributed by atoms with Crippen LogP contribution in [0.2, 0.25) is 0 Å². The van der Waals surface area contributed by atoms with Gasteiger partial charge in [-0.2, -0.15) is 0 Å². The monoisotopic (exact) mass is 410 g/mol. The van der Waals surface area contributed by atoms with Gasteiger partial charge in [0.15, 0.2) is 0 Å². The fourth-order valence-electron chi connectivity index (χ4n) is 3.90. The standard InChI is InChI=1S/C22H22N2O4S/c1-14(21(26)28-2)24-20(25)19(29-22(24)27)13-15-9-10-18(23-11-5-6-12-23)17-8-4-3-7-16(15)17/h3-4,7-10,13-14H,5-6,11-12H2,1-2H3/b19-13+/t14-/m1/s1. The predicted octanol–water partition coefficient (Wildman–Crippen LogP) is 4.04. The Morgan fingerprint density at radius 2 is 1.79 bits per heavy atom. The van der Waals surface area contributed by atoms with E-state index in [2.05, 4.69) is 21.8 Å². The Morgan fingerprint density at radius 3 is 2.48 bits per heavy atom. The molecule has 2 saturated heterocycles. The van der Waals surface area contributed by atoms with Crippen molar-refractivity contribution in [2.75, 3.05) is 25.1 Å². The summed E-state index contributed by atoms with van der Waals surface area (Å²) in [5, 5.41) is 1.70. The number of anilines is 1. The first-order valence-corrected chi connectivity index (χ1v) is 10.4. The molecule has 0 aromatic heterocycles. The molecule has 150 valence electrons. The molecule has 0 aliphatic carbocycles. The van der Waals surface area contributed by atoms with Gasteiger partial charge in [-0.1, -0.05) is 30.3 Å². The van der Waals surface area contributed by atoms with E-state index < -0.39 is 23.2 Å². The van der Waals surface area contributed by atoms with Gasteiger partial charge in [-0.3, -0.25) is 14.5 Å². The molecule has 0 spiro atoms. The van der Waals surface area contributed by atoms with E-state index in [1.807, 2.05) is 24.3 Å². The quantitative estimate of drug-likeness (QED) is 0.560. The first-order chi connectivity index (χ1) is 14.0. The van der Waals surface area contributed by atoms with Crippen LogP contribution in [0.25, 0.3) is 16.8 Å². The van der Waals surface area contributed by atoms with Crippen LogP contribution in [-0.2, 0) is 14.3 Å². The van der Waals surface area contributed by atoms with Gasteiger partial charge < -0.3 is 9.64 Å². The minimum Gasteiger partial charge on any atom is -0.467 e. The SMILES string of the molecule is COC(=O)[C@@H](C)N1C(=O)S/C(=C/c2ccc(N3CCCC3)c3ccccc23)C1=O. The van der Waals surface area contributed by atoms with Gasteiger partial charge in [-0.15, -0.1) is 0 Å². The van der Waals surface area contributed by atoms with Crippen molar-refractivity contribution >= 4 is 51.4 Å². The predicted molar refractivity (Wildman–Crippen MR) is 115 cm³/mol. The fourth-order valence-corrected chi connectivity index (χ4v) is 4.80. The number of amides is 2. The number of hydrogen-bond acceptors (Lipinski definition) is 6. The van der Waals surface area contributed by atoms with Gasteiger partial charge in [0, 0.05) is 24.2 Å². The second-order valence-electron chi connectivity index (χ2n) is 7.16. The summed E-state index contributed by atoms with van der Waals surface area (Å²) in [4.78, 5) is 40.6. The zero-order valence-electron chi connectivity index (χ0n) is 16.4. The maximum absolute atomic E-state index is 12.8. The second-order valence-corrected chi connectivity index (χ2v) is 8.16. The Kier molecular flexibility index (Phi) is 5.32. The van der Waals surface area contributed by atoms with E-state index in [4.69, 9.17) is 0 Å². The molecule has 4 rings (SSSR count). The lowest BCUT2D eigenvalue weighted by molar-refractivity contribution is -0.148. The molecule has 0 saturated carbocycles. The molecule has 2 aliphatic heterocycles. The van der Waals surface area contributed by atoms with Crippen molar-refractivity contribution in [1.82, 2.24) is 4.90 Å². The maximum atomic E-state index is 12.8. The van der Waals surface area contributed by atoms with E-state index in [-0.39, 0.29) is 0 Å². The third kappa shape index (κ3) is 3.51. The number of fused-ring (bicyclic) bond motifs is 1. The molecule has 2 aromatic carbocycles. The van der Waals surface area contributed by atoms with Crippen molar-refractivity contribution in [2.45, 2.75) is 25.8 Å². The van der Waals surface area contributed by atoms with Gasteiger partial charge in [0.05, 0.1) is 12.0 Å². The average molecular weight is 410 g/mol. The van der Waals surface area contributed by atoms with E-state index in [0.29, 0.717) is 4.91 Å². The van der Waals surface area contributed by atoms with Crippen LogP contribution in [0.15, 0.2) is 41.3 Å². The minimum atomic E-state index is -0.951. The van der Waals surface area contributed by atoms with Crippen LogP contribution in [0.3, 0.4) is 0 Å². The van der Waals surface area contributed by atoms with Gasteiger partial charge in [0.25, 0.3) is 11.1 Å². The van der Waals surface area contributed by atoms with Gasteiger partial charge in [0.2, 0.25) is 0 Å². The highest BCUT2D eigenvalue weighted by Crippen LogP contribution is 2.37. The number of imide groups is 1. The number of hydrogen-bond donors (Lipinski definition) is 0. The highest BCUT2D eigenvalue weighted by atomic mass is 32.2. The molecule has 1 atom stereocenters. The summed E-state index contributed by atoms with van der Waals surface area (Å²) >= 11 is 0.851. The zero-order chi connectivity index (χ0) is 20.5. The molecule has 0 unspecified atom stereocenters. The molecular formula is C22H22N2O4S. The smallest absolute Gasteiger partial charge is 0.328 e. The molecule has 0 bridgehead atoms. The second kappa shape index (κ2) is 7.91. The summed E-state index contributed by atoms with van der Waals surface area (Å²) in [6, 6.07) is 11.2. The number of carbonyl (C=O) groups excluding carboxylic acids is 3. The van der Waals surface area contributed by atoms with Crippen molar-refractivity contribution in [3.05, 3.63) is 46.9 Å². The molecule has 0 N–H and O–H groups in total. The van der Waals surface area contributed by atoms with Gasteiger partial charge in [-0.25, -0.2) is 4.79 Å². The average Bonchev–Trinajstić information content (AvgIpc) is 3.35. The van der Waals surface area contributed by atoms with Gasteiger partial charge in [-0.05, 0) is 54.6 Å². The lowest BCUT2D eigenvalue weighted by Crippen LogP contribution is -2.42. The molecule has 2 amide bonds. The van der Waals surface area contributed by atoms with E-state index >= 15 is 0 Å².